The van der Waals surface area contributed by atoms with Crippen molar-refractivity contribution in [3.63, 3.8) is 0 Å². The molecule has 104 valence electrons. The first kappa shape index (κ1) is 13.2. The van der Waals surface area contributed by atoms with Crippen LogP contribution in [0.2, 0.25) is 5.02 Å². The standard InChI is InChI=1S/C14H19ClN2O2/c1-16-4-6-17(7-5-16)14-11-8-10(15)2-3-13(11)19-9-12(14)18/h2-3,8,12,14,18H,4-7,9H2,1H3. The lowest BCUT2D eigenvalue weighted by molar-refractivity contribution is -0.0152. The maximum absolute atomic E-state index is 10.3. The Labute approximate surface area is 118 Å². The molecule has 1 aromatic carbocycles. The van der Waals surface area contributed by atoms with E-state index < -0.39 is 6.10 Å². The highest BCUT2D eigenvalue weighted by molar-refractivity contribution is 6.30. The molecule has 0 aliphatic carbocycles. The van der Waals surface area contributed by atoms with E-state index in [0.717, 1.165) is 37.5 Å². The van der Waals surface area contributed by atoms with Gasteiger partial charge >= 0.3 is 0 Å². The largest absolute Gasteiger partial charge is 0.490 e. The highest BCUT2D eigenvalue weighted by Crippen LogP contribution is 2.38. The van der Waals surface area contributed by atoms with Gasteiger partial charge in [-0.1, -0.05) is 11.6 Å². The van der Waals surface area contributed by atoms with Gasteiger partial charge in [-0.3, -0.25) is 4.90 Å². The van der Waals surface area contributed by atoms with Gasteiger partial charge in [-0.15, -0.1) is 0 Å². The minimum absolute atomic E-state index is 0.00356. The Morgan fingerprint density at radius 3 is 2.74 bits per heavy atom. The van der Waals surface area contributed by atoms with Crippen molar-refractivity contribution >= 4 is 11.6 Å². The van der Waals surface area contributed by atoms with E-state index in [1.54, 1.807) is 0 Å². The van der Waals surface area contributed by atoms with Crippen LogP contribution in [-0.2, 0) is 0 Å². The quantitative estimate of drug-likeness (QED) is 0.844. The highest BCUT2D eigenvalue weighted by atomic mass is 35.5. The number of fused-ring (bicyclic) bond motifs is 1. The number of ether oxygens (including phenoxy) is 1. The summed E-state index contributed by atoms with van der Waals surface area (Å²) in [4.78, 5) is 4.64. The summed E-state index contributed by atoms with van der Waals surface area (Å²) in [5.41, 5.74) is 1.01. The molecule has 0 amide bonds. The SMILES string of the molecule is CN1CCN(C2c3cc(Cl)ccc3OCC2O)CC1. The molecule has 0 spiro atoms. The van der Waals surface area contributed by atoms with Crippen LogP contribution in [0.1, 0.15) is 11.6 Å². The van der Waals surface area contributed by atoms with Crippen LogP contribution in [0, 0.1) is 0 Å². The summed E-state index contributed by atoms with van der Waals surface area (Å²) in [6.45, 7) is 4.33. The van der Waals surface area contributed by atoms with Crippen LogP contribution >= 0.6 is 11.6 Å². The van der Waals surface area contributed by atoms with Gasteiger partial charge in [-0.05, 0) is 25.2 Å². The van der Waals surface area contributed by atoms with E-state index in [4.69, 9.17) is 16.3 Å². The maximum atomic E-state index is 10.3. The van der Waals surface area contributed by atoms with Crippen LogP contribution in [-0.4, -0.2) is 60.8 Å². The van der Waals surface area contributed by atoms with Gasteiger partial charge in [0.15, 0.2) is 0 Å². The van der Waals surface area contributed by atoms with Gasteiger partial charge in [0.05, 0.1) is 6.04 Å². The fraction of sp³-hybridized carbons (Fsp3) is 0.571. The molecule has 1 N–H and O–H groups in total. The Kier molecular flexibility index (Phi) is 3.67. The predicted molar refractivity (Wildman–Crippen MR) is 74.8 cm³/mol. The first-order valence-corrected chi connectivity index (χ1v) is 7.06. The number of likely N-dealkylation sites (N-methyl/N-ethyl adjacent to an activating group) is 1. The topological polar surface area (TPSA) is 35.9 Å². The van der Waals surface area contributed by atoms with E-state index in [0.29, 0.717) is 11.6 Å². The van der Waals surface area contributed by atoms with E-state index >= 15 is 0 Å². The summed E-state index contributed by atoms with van der Waals surface area (Å²) < 4.78 is 5.59. The van der Waals surface area contributed by atoms with Crippen molar-refractivity contribution in [3.8, 4) is 5.75 Å². The van der Waals surface area contributed by atoms with Gasteiger partial charge in [-0.2, -0.15) is 0 Å². The highest BCUT2D eigenvalue weighted by Gasteiger charge is 2.35. The van der Waals surface area contributed by atoms with E-state index in [2.05, 4.69) is 16.8 Å². The minimum Gasteiger partial charge on any atom is -0.490 e. The third-order valence-corrected chi connectivity index (χ3v) is 4.23. The van der Waals surface area contributed by atoms with Gasteiger partial charge in [0.1, 0.15) is 18.5 Å². The normalized spacial score (nSPS) is 28.8. The van der Waals surface area contributed by atoms with E-state index in [-0.39, 0.29) is 6.04 Å². The van der Waals surface area contributed by atoms with Crippen LogP contribution in [0.4, 0.5) is 0 Å². The van der Waals surface area contributed by atoms with Crippen LogP contribution in [0.25, 0.3) is 0 Å². The molecule has 5 heteroatoms. The summed E-state index contributed by atoms with van der Waals surface area (Å²) >= 11 is 6.09. The molecule has 0 saturated carbocycles. The molecular weight excluding hydrogens is 264 g/mol. The zero-order chi connectivity index (χ0) is 13.4. The fourth-order valence-electron chi connectivity index (χ4n) is 2.90. The Morgan fingerprint density at radius 2 is 2.00 bits per heavy atom. The molecule has 0 aromatic heterocycles. The van der Waals surface area contributed by atoms with Gasteiger partial charge in [0, 0.05) is 36.8 Å². The second kappa shape index (κ2) is 5.29. The van der Waals surface area contributed by atoms with Crippen molar-refractivity contribution in [1.29, 1.82) is 0 Å². The van der Waals surface area contributed by atoms with Gasteiger partial charge < -0.3 is 14.7 Å². The molecule has 1 saturated heterocycles. The Morgan fingerprint density at radius 1 is 1.26 bits per heavy atom. The van der Waals surface area contributed by atoms with Crippen LogP contribution in [0.5, 0.6) is 5.75 Å². The lowest BCUT2D eigenvalue weighted by Crippen LogP contribution is -2.50. The fourth-order valence-corrected chi connectivity index (χ4v) is 3.08. The molecule has 1 fully saturated rings. The van der Waals surface area contributed by atoms with Crippen LogP contribution < -0.4 is 4.74 Å². The second-order valence-electron chi connectivity index (χ2n) is 5.34. The summed E-state index contributed by atoms with van der Waals surface area (Å²) in [6, 6.07) is 5.64. The first-order valence-electron chi connectivity index (χ1n) is 6.68. The van der Waals surface area contributed by atoms with E-state index in [1.165, 1.54) is 0 Å². The first-order chi connectivity index (χ1) is 9.15. The maximum Gasteiger partial charge on any atom is 0.124 e. The summed E-state index contributed by atoms with van der Waals surface area (Å²) in [5.74, 6) is 0.846. The number of nitrogens with zero attached hydrogens (tertiary/aromatic N) is 2. The van der Waals surface area contributed by atoms with Crippen molar-refractivity contribution in [1.82, 2.24) is 9.80 Å². The minimum atomic E-state index is -0.491. The van der Waals surface area contributed by atoms with Crippen molar-refractivity contribution < 1.29 is 9.84 Å². The number of aliphatic hydroxyl groups is 1. The molecule has 2 atom stereocenters. The molecule has 2 aliphatic rings. The van der Waals surface area contributed by atoms with Crippen molar-refractivity contribution in [3.05, 3.63) is 28.8 Å². The van der Waals surface area contributed by atoms with E-state index in [9.17, 15) is 5.11 Å². The third kappa shape index (κ3) is 2.58. The van der Waals surface area contributed by atoms with E-state index in [1.807, 2.05) is 18.2 Å². The molecule has 4 nitrogen and oxygen atoms in total. The zero-order valence-electron chi connectivity index (χ0n) is 11.1. The number of hydrogen-bond donors (Lipinski definition) is 1. The van der Waals surface area contributed by atoms with Crippen LogP contribution in [0.15, 0.2) is 18.2 Å². The average molecular weight is 283 g/mol. The zero-order valence-corrected chi connectivity index (χ0v) is 11.8. The van der Waals surface area contributed by atoms with Crippen molar-refractivity contribution in [2.24, 2.45) is 0 Å². The molecule has 3 rings (SSSR count). The lowest BCUT2D eigenvalue weighted by atomic mass is 9.96. The molecule has 2 heterocycles. The predicted octanol–water partition coefficient (Wildman–Crippen LogP) is 1.38. The van der Waals surface area contributed by atoms with Crippen LogP contribution in [0.3, 0.4) is 0 Å². The van der Waals surface area contributed by atoms with Crippen molar-refractivity contribution in [2.45, 2.75) is 12.1 Å². The molecule has 2 unspecified atom stereocenters. The number of halogens is 1. The number of piperazine rings is 1. The van der Waals surface area contributed by atoms with Gasteiger partial charge in [0.25, 0.3) is 0 Å². The van der Waals surface area contributed by atoms with Gasteiger partial charge in [-0.25, -0.2) is 0 Å². The number of aliphatic hydroxyl groups excluding tert-OH is 1. The molecular formula is C14H19ClN2O2. The molecule has 19 heavy (non-hydrogen) atoms. The monoisotopic (exact) mass is 282 g/mol. The molecule has 0 radical (unpaired) electrons. The molecule has 2 aliphatic heterocycles. The lowest BCUT2D eigenvalue weighted by Gasteiger charge is -2.42. The Hall–Kier alpha value is -0.810. The Balaban J connectivity index is 1.90. The summed E-state index contributed by atoms with van der Waals surface area (Å²) in [7, 11) is 2.13. The number of rotatable bonds is 1. The van der Waals surface area contributed by atoms with Crippen molar-refractivity contribution in [2.75, 3.05) is 39.8 Å². The third-order valence-electron chi connectivity index (χ3n) is 4.00. The average Bonchev–Trinajstić information content (AvgIpc) is 2.40. The summed E-state index contributed by atoms with van der Waals surface area (Å²) in [6.07, 6.45) is -0.491. The Bertz CT molecular complexity index is 461. The number of hydrogen-bond acceptors (Lipinski definition) is 4. The smallest absolute Gasteiger partial charge is 0.124 e. The second-order valence-corrected chi connectivity index (χ2v) is 5.78. The van der Waals surface area contributed by atoms with Gasteiger partial charge in [0.2, 0.25) is 0 Å². The molecule has 1 aromatic rings. The number of benzene rings is 1. The molecule has 0 bridgehead atoms. The summed E-state index contributed by atoms with van der Waals surface area (Å²) in [5, 5.41) is 11.0.